The number of primary amides is 1. The van der Waals surface area contributed by atoms with Crippen LogP contribution in [0.25, 0.3) is 4.96 Å². The molecule has 3 heterocycles. The number of nitrogens with zero attached hydrogens (tertiary/aromatic N) is 3. The van der Waals surface area contributed by atoms with Crippen molar-refractivity contribution in [3.05, 3.63) is 17.3 Å². The van der Waals surface area contributed by atoms with Crippen molar-refractivity contribution in [2.24, 2.45) is 11.7 Å². The molecule has 2 aromatic heterocycles. The van der Waals surface area contributed by atoms with Crippen LogP contribution in [0.1, 0.15) is 29.8 Å². The van der Waals surface area contributed by atoms with Gasteiger partial charge in [-0.25, -0.2) is 4.98 Å². The molecule has 6 nitrogen and oxygen atoms in total. The third-order valence-corrected chi connectivity index (χ3v) is 4.55. The molecule has 0 saturated carbocycles. The number of fused-ring (bicyclic) bond motifs is 1. The van der Waals surface area contributed by atoms with E-state index in [1.165, 1.54) is 11.3 Å². The van der Waals surface area contributed by atoms with Gasteiger partial charge in [-0.05, 0) is 18.8 Å². The number of carbonyl (C=O) groups excluding carboxylic acids is 2. The summed E-state index contributed by atoms with van der Waals surface area (Å²) in [5.41, 5.74) is 5.84. The van der Waals surface area contributed by atoms with Crippen molar-refractivity contribution in [1.82, 2.24) is 9.38 Å². The van der Waals surface area contributed by atoms with Crippen molar-refractivity contribution in [1.29, 1.82) is 0 Å². The average molecular weight is 292 g/mol. The van der Waals surface area contributed by atoms with Gasteiger partial charge in [0.2, 0.25) is 5.91 Å². The first-order valence-electron chi connectivity index (χ1n) is 6.63. The Hall–Kier alpha value is -1.89. The predicted molar refractivity (Wildman–Crippen MR) is 77.2 cm³/mol. The first-order valence-corrected chi connectivity index (χ1v) is 7.51. The summed E-state index contributed by atoms with van der Waals surface area (Å²) in [5, 5.41) is 1.91. The molecule has 1 aliphatic rings. The molecule has 1 fully saturated rings. The summed E-state index contributed by atoms with van der Waals surface area (Å²) in [4.78, 5) is 29.8. The highest BCUT2D eigenvalue weighted by molar-refractivity contribution is 7.15. The van der Waals surface area contributed by atoms with Crippen molar-refractivity contribution < 1.29 is 9.59 Å². The van der Waals surface area contributed by atoms with E-state index in [2.05, 4.69) is 9.88 Å². The van der Waals surface area contributed by atoms with Gasteiger partial charge in [-0.15, -0.1) is 11.3 Å². The van der Waals surface area contributed by atoms with Crippen molar-refractivity contribution in [2.45, 2.75) is 19.3 Å². The first-order chi connectivity index (χ1) is 9.69. The number of thiazole rings is 1. The molecular weight excluding hydrogens is 276 g/mol. The maximum Gasteiger partial charge on any atom is 0.217 e. The molecule has 1 aliphatic heterocycles. The summed E-state index contributed by atoms with van der Waals surface area (Å²) in [7, 11) is 0. The summed E-state index contributed by atoms with van der Waals surface area (Å²) in [6, 6.07) is 0. The van der Waals surface area contributed by atoms with Crippen LogP contribution in [0.15, 0.2) is 11.6 Å². The van der Waals surface area contributed by atoms with E-state index in [-0.39, 0.29) is 5.91 Å². The second kappa shape index (κ2) is 5.24. The Balaban J connectivity index is 1.78. The summed E-state index contributed by atoms with van der Waals surface area (Å²) in [6.45, 7) is 1.62. The lowest BCUT2D eigenvalue weighted by molar-refractivity contribution is -0.119. The third-order valence-electron chi connectivity index (χ3n) is 3.80. The average Bonchev–Trinajstić information content (AvgIpc) is 2.98. The number of amides is 1. The summed E-state index contributed by atoms with van der Waals surface area (Å²) in [5.74, 6) is 0.871. The van der Waals surface area contributed by atoms with Gasteiger partial charge >= 0.3 is 0 Å². The van der Waals surface area contributed by atoms with Crippen LogP contribution in [-0.2, 0) is 4.79 Å². The number of imidazole rings is 1. The number of hydrogen-bond donors (Lipinski definition) is 1. The summed E-state index contributed by atoms with van der Waals surface area (Å²) < 4.78 is 1.82. The zero-order valence-corrected chi connectivity index (χ0v) is 11.8. The number of aromatic nitrogens is 2. The van der Waals surface area contributed by atoms with Crippen LogP contribution in [0.3, 0.4) is 0 Å². The van der Waals surface area contributed by atoms with E-state index in [0.29, 0.717) is 18.0 Å². The van der Waals surface area contributed by atoms with Gasteiger partial charge in [0.05, 0.1) is 0 Å². The van der Waals surface area contributed by atoms with Crippen molar-refractivity contribution in [2.75, 3.05) is 18.0 Å². The fraction of sp³-hybridized carbons (Fsp3) is 0.462. The van der Waals surface area contributed by atoms with Gasteiger partial charge < -0.3 is 10.6 Å². The second-order valence-corrected chi connectivity index (χ2v) is 5.97. The normalized spacial score (nSPS) is 16.7. The smallest absolute Gasteiger partial charge is 0.217 e. The molecule has 2 aromatic rings. The maximum absolute atomic E-state index is 11.3. The Labute approximate surface area is 120 Å². The van der Waals surface area contributed by atoms with Crippen LogP contribution in [0, 0.1) is 5.92 Å². The summed E-state index contributed by atoms with van der Waals surface area (Å²) in [6.07, 6.45) is 4.99. The Morgan fingerprint density at radius 3 is 2.90 bits per heavy atom. The number of nitrogens with two attached hydrogens (primary N) is 1. The molecule has 106 valence electrons. The Kier molecular flexibility index (Phi) is 3.43. The molecule has 0 spiro atoms. The van der Waals surface area contributed by atoms with E-state index in [9.17, 15) is 9.59 Å². The number of anilines is 1. The van der Waals surface area contributed by atoms with Gasteiger partial charge in [0.25, 0.3) is 0 Å². The zero-order valence-electron chi connectivity index (χ0n) is 11.0. The van der Waals surface area contributed by atoms with Gasteiger partial charge in [0, 0.05) is 31.1 Å². The van der Waals surface area contributed by atoms with Gasteiger partial charge in [0.15, 0.2) is 17.1 Å². The SMILES string of the molecule is NC(=O)CC1CCN(c2nc3sccn3c2C=O)CC1. The minimum Gasteiger partial charge on any atom is -0.370 e. The maximum atomic E-state index is 11.3. The molecular formula is C13H16N4O2S. The number of rotatable bonds is 4. The van der Waals surface area contributed by atoms with Gasteiger partial charge in [0.1, 0.15) is 5.69 Å². The number of piperidine rings is 1. The second-order valence-electron chi connectivity index (χ2n) is 5.09. The number of hydrogen-bond acceptors (Lipinski definition) is 5. The lowest BCUT2D eigenvalue weighted by Gasteiger charge is -2.31. The molecule has 0 atom stereocenters. The van der Waals surface area contributed by atoms with Gasteiger partial charge in [-0.3, -0.25) is 14.0 Å². The van der Waals surface area contributed by atoms with Crippen LogP contribution < -0.4 is 10.6 Å². The van der Waals surface area contributed by atoms with E-state index in [0.717, 1.165) is 43.0 Å². The lowest BCUT2D eigenvalue weighted by Crippen LogP contribution is -2.35. The van der Waals surface area contributed by atoms with Gasteiger partial charge in [-0.1, -0.05) is 0 Å². The van der Waals surface area contributed by atoms with Crippen LogP contribution in [-0.4, -0.2) is 34.7 Å². The highest BCUT2D eigenvalue weighted by atomic mass is 32.1. The monoisotopic (exact) mass is 292 g/mol. The largest absolute Gasteiger partial charge is 0.370 e. The Morgan fingerprint density at radius 2 is 2.25 bits per heavy atom. The van der Waals surface area contributed by atoms with Crippen LogP contribution >= 0.6 is 11.3 Å². The van der Waals surface area contributed by atoms with Crippen LogP contribution in [0.4, 0.5) is 5.82 Å². The van der Waals surface area contributed by atoms with Gasteiger partial charge in [-0.2, -0.15) is 0 Å². The molecule has 2 N–H and O–H groups in total. The minimum atomic E-state index is -0.237. The van der Waals surface area contributed by atoms with Crippen molar-refractivity contribution in [3.63, 3.8) is 0 Å². The molecule has 7 heteroatoms. The van der Waals surface area contributed by atoms with E-state index in [1.807, 2.05) is 16.0 Å². The first kappa shape index (κ1) is 13.1. The topological polar surface area (TPSA) is 80.7 Å². The van der Waals surface area contributed by atoms with E-state index in [4.69, 9.17) is 5.73 Å². The number of carbonyl (C=O) groups is 2. The highest BCUT2D eigenvalue weighted by Crippen LogP contribution is 2.28. The zero-order chi connectivity index (χ0) is 14.1. The molecule has 0 aromatic carbocycles. The molecule has 0 radical (unpaired) electrons. The van der Waals surface area contributed by atoms with Crippen LogP contribution in [0.5, 0.6) is 0 Å². The van der Waals surface area contributed by atoms with Crippen molar-refractivity contribution >= 4 is 34.3 Å². The van der Waals surface area contributed by atoms with E-state index >= 15 is 0 Å². The molecule has 3 rings (SSSR count). The lowest BCUT2D eigenvalue weighted by atomic mass is 9.93. The van der Waals surface area contributed by atoms with Crippen molar-refractivity contribution in [3.8, 4) is 0 Å². The quantitative estimate of drug-likeness (QED) is 0.861. The molecule has 1 saturated heterocycles. The number of aldehydes is 1. The molecule has 1 amide bonds. The third kappa shape index (κ3) is 2.29. The van der Waals surface area contributed by atoms with Crippen LogP contribution in [0.2, 0.25) is 0 Å². The predicted octanol–water partition coefficient (Wildman–Crippen LogP) is 1.30. The Morgan fingerprint density at radius 1 is 1.50 bits per heavy atom. The fourth-order valence-electron chi connectivity index (χ4n) is 2.77. The minimum absolute atomic E-state index is 0.237. The van der Waals surface area contributed by atoms with E-state index < -0.39 is 0 Å². The standard InChI is InChI=1S/C13H16N4O2S/c14-11(19)7-9-1-3-16(4-2-9)12-10(8-18)17-5-6-20-13(17)15-12/h5-6,8-9H,1-4,7H2,(H2,14,19). The molecule has 20 heavy (non-hydrogen) atoms. The van der Waals surface area contributed by atoms with E-state index in [1.54, 1.807) is 0 Å². The molecule has 0 aliphatic carbocycles. The fourth-order valence-corrected chi connectivity index (χ4v) is 3.48. The molecule has 0 bridgehead atoms. The Bertz CT molecular complexity index is 640. The molecule has 0 unspecified atom stereocenters. The summed E-state index contributed by atoms with van der Waals surface area (Å²) >= 11 is 1.52. The highest BCUT2D eigenvalue weighted by Gasteiger charge is 2.25.